The van der Waals surface area contributed by atoms with E-state index in [2.05, 4.69) is 10.2 Å². The molecule has 0 aliphatic rings. The van der Waals surface area contributed by atoms with Gasteiger partial charge in [-0.3, -0.25) is 4.79 Å². The van der Waals surface area contributed by atoms with E-state index in [1.807, 2.05) is 31.2 Å². The van der Waals surface area contributed by atoms with Crippen LogP contribution in [0.4, 0.5) is 5.69 Å². The molecule has 4 nitrogen and oxygen atoms in total. The molecular formula is C16H25Cl2N3O. The van der Waals surface area contributed by atoms with Crippen molar-refractivity contribution in [2.24, 2.45) is 5.73 Å². The summed E-state index contributed by atoms with van der Waals surface area (Å²) >= 11 is 11.6. The molecule has 124 valence electrons. The second-order valence-electron chi connectivity index (χ2n) is 5.13. The van der Waals surface area contributed by atoms with Crippen molar-refractivity contribution in [2.45, 2.75) is 25.8 Å². The lowest BCUT2D eigenvalue weighted by molar-refractivity contribution is -0.122. The van der Waals surface area contributed by atoms with Gasteiger partial charge < -0.3 is 16.0 Å². The van der Waals surface area contributed by atoms with Crippen LogP contribution in [0.25, 0.3) is 0 Å². The molecule has 0 fully saturated rings. The first kappa shape index (κ1) is 19.1. The highest BCUT2D eigenvalue weighted by Gasteiger charge is 2.13. The quantitative estimate of drug-likeness (QED) is 0.640. The number of nitrogens with zero attached hydrogens (tertiary/aromatic N) is 1. The largest absolute Gasteiger partial charge is 0.369 e. The van der Waals surface area contributed by atoms with Crippen molar-refractivity contribution in [2.75, 3.05) is 36.3 Å². The summed E-state index contributed by atoms with van der Waals surface area (Å²) in [5, 5.41) is 2.81. The van der Waals surface area contributed by atoms with Crippen molar-refractivity contribution in [3.63, 3.8) is 0 Å². The van der Waals surface area contributed by atoms with Crippen LogP contribution in [0.3, 0.4) is 0 Å². The molecule has 0 saturated carbocycles. The van der Waals surface area contributed by atoms with E-state index in [1.165, 1.54) is 0 Å². The van der Waals surface area contributed by atoms with Gasteiger partial charge in [0.05, 0.1) is 6.04 Å². The average Bonchev–Trinajstić information content (AvgIpc) is 2.53. The van der Waals surface area contributed by atoms with Gasteiger partial charge in [0.25, 0.3) is 0 Å². The molecule has 1 amide bonds. The van der Waals surface area contributed by atoms with E-state index in [-0.39, 0.29) is 5.91 Å². The van der Waals surface area contributed by atoms with Gasteiger partial charge in [-0.2, -0.15) is 0 Å². The highest BCUT2D eigenvalue weighted by molar-refractivity contribution is 6.18. The van der Waals surface area contributed by atoms with E-state index in [9.17, 15) is 4.79 Å². The molecule has 0 unspecified atom stereocenters. The third-order valence-corrected chi connectivity index (χ3v) is 3.69. The minimum absolute atomic E-state index is 0.100. The van der Waals surface area contributed by atoms with Crippen molar-refractivity contribution < 1.29 is 4.79 Å². The molecule has 0 aliphatic carbocycles. The van der Waals surface area contributed by atoms with Crippen LogP contribution < -0.4 is 16.0 Å². The van der Waals surface area contributed by atoms with Gasteiger partial charge in [-0.1, -0.05) is 19.1 Å². The van der Waals surface area contributed by atoms with Crippen LogP contribution in [0.2, 0.25) is 0 Å². The number of nitrogens with two attached hydrogens (primary N) is 1. The molecule has 1 aromatic rings. The zero-order chi connectivity index (χ0) is 16.4. The number of nitrogens with one attached hydrogen (secondary N) is 1. The monoisotopic (exact) mass is 345 g/mol. The third-order valence-electron chi connectivity index (χ3n) is 3.35. The predicted octanol–water partition coefficient (Wildman–Crippen LogP) is 2.37. The van der Waals surface area contributed by atoms with Crippen LogP contribution in [-0.2, 0) is 11.2 Å². The first-order chi connectivity index (χ1) is 10.6. The third kappa shape index (κ3) is 6.42. The molecule has 1 rings (SSSR count). The van der Waals surface area contributed by atoms with Crippen molar-refractivity contribution in [1.82, 2.24) is 5.32 Å². The molecule has 0 bridgehead atoms. The Labute approximate surface area is 142 Å². The van der Waals surface area contributed by atoms with Gasteiger partial charge in [-0.15, -0.1) is 23.2 Å². The maximum atomic E-state index is 11.8. The molecule has 0 spiro atoms. The number of carbonyl (C=O) groups excluding carboxylic acids is 1. The topological polar surface area (TPSA) is 58.4 Å². The lowest BCUT2D eigenvalue weighted by atomic mass is 10.1. The first-order valence-electron chi connectivity index (χ1n) is 7.61. The molecule has 6 heteroatoms. The zero-order valence-electron chi connectivity index (χ0n) is 13.0. The van der Waals surface area contributed by atoms with Gasteiger partial charge in [-0.05, 0) is 30.5 Å². The maximum Gasteiger partial charge on any atom is 0.237 e. The lowest BCUT2D eigenvalue weighted by Gasteiger charge is -2.23. The summed E-state index contributed by atoms with van der Waals surface area (Å²) in [4.78, 5) is 13.9. The number of alkyl halides is 2. The van der Waals surface area contributed by atoms with Crippen LogP contribution in [0.15, 0.2) is 24.3 Å². The molecule has 0 saturated heterocycles. The Hall–Kier alpha value is -0.970. The number of anilines is 1. The Bertz CT molecular complexity index is 434. The first-order valence-corrected chi connectivity index (χ1v) is 8.68. The van der Waals surface area contributed by atoms with Crippen LogP contribution in [0.1, 0.15) is 18.9 Å². The van der Waals surface area contributed by atoms with E-state index in [1.54, 1.807) is 0 Å². The number of benzene rings is 1. The van der Waals surface area contributed by atoms with Gasteiger partial charge in [0.15, 0.2) is 0 Å². The normalized spacial score (nSPS) is 12.0. The lowest BCUT2D eigenvalue weighted by Crippen LogP contribution is -2.42. The number of hydrogen-bond donors (Lipinski definition) is 2. The number of halogens is 2. The van der Waals surface area contributed by atoms with Gasteiger partial charge in [-0.25, -0.2) is 0 Å². The smallest absolute Gasteiger partial charge is 0.237 e. The summed E-state index contributed by atoms with van der Waals surface area (Å²) in [6.07, 6.45) is 1.44. The van der Waals surface area contributed by atoms with E-state index in [0.29, 0.717) is 24.7 Å². The highest BCUT2D eigenvalue weighted by Crippen LogP contribution is 2.16. The summed E-state index contributed by atoms with van der Waals surface area (Å²) in [6, 6.07) is 7.52. The standard InChI is InChI=1S/C16H25Cl2N3O/c1-2-9-20-16(22)15(19)12-13-3-5-14(6-4-13)21(10-7-17)11-8-18/h3-6,15H,2,7-12,19H2,1H3,(H,20,22)/t15-/m0/s1. The van der Waals surface area contributed by atoms with E-state index in [4.69, 9.17) is 28.9 Å². The summed E-state index contributed by atoms with van der Waals surface area (Å²) < 4.78 is 0. The van der Waals surface area contributed by atoms with Gasteiger partial charge in [0, 0.05) is 37.1 Å². The minimum atomic E-state index is -0.515. The van der Waals surface area contributed by atoms with Crippen molar-refractivity contribution in [3.8, 4) is 0 Å². The molecule has 0 radical (unpaired) electrons. The van der Waals surface area contributed by atoms with Crippen LogP contribution in [0, 0.1) is 0 Å². The zero-order valence-corrected chi connectivity index (χ0v) is 14.5. The molecule has 0 aromatic heterocycles. The summed E-state index contributed by atoms with van der Waals surface area (Å²) in [5.41, 5.74) is 8.05. The summed E-state index contributed by atoms with van der Waals surface area (Å²) in [5.74, 6) is 1.01. The van der Waals surface area contributed by atoms with Gasteiger partial charge >= 0.3 is 0 Å². The number of hydrogen-bond acceptors (Lipinski definition) is 3. The van der Waals surface area contributed by atoms with E-state index in [0.717, 1.165) is 30.8 Å². The summed E-state index contributed by atoms with van der Waals surface area (Å²) in [6.45, 7) is 4.19. The van der Waals surface area contributed by atoms with Crippen LogP contribution >= 0.6 is 23.2 Å². The number of amides is 1. The molecule has 0 heterocycles. The number of rotatable bonds is 10. The fourth-order valence-electron chi connectivity index (χ4n) is 2.14. The predicted molar refractivity (Wildman–Crippen MR) is 95.1 cm³/mol. The Balaban J connectivity index is 2.61. The van der Waals surface area contributed by atoms with Crippen molar-refractivity contribution in [1.29, 1.82) is 0 Å². The Morgan fingerprint density at radius 1 is 1.23 bits per heavy atom. The summed E-state index contributed by atoms with van der Waals surface area (Å²) in [7, 11) is 0. The minimum Gasteiger partial charge on any atom is -0.369 e. The Kier molecular flexibility index (Phi) is 9.28. The molecule has 3 N–H and O–H groups in total. The molecule has 0 aliphatic heterocycles. The molecule has 22 heavy (non-hydrogen) atoms. The fourth-order valence-corrected chi connectivity index (χ4v) is 2.55. The van der Waals surface area contributed by atoms with Crippen molar-refractivity contribution in [3.05, 3.63) is 29.8 Å². The number of carbonyl (C=O) groups is 1. The highest BCUT2D eigenvalue weighted by atomic mass is 35.5. The Morgan fingerprint density at radius 3 is 2.32 bits per heavy atom. The van der Waals surface area contributed by atoms with Gasteiger partial charge in [0.1, 0.15) is 0 Å². The second-order valence-corrected chi connectivity index (χ2v) is 5.89. The van der Waals surface area contributed by atoms with E-state index >= 15 is 0 Å². The average molecular weight is 346 g/mol. The second kappa shape index (κ2) is 10.7. The van der Waals surface area contributed by atoms with Crippen molar-refractivity contribution >= 4 is 34.8 Å². The fraction of sp³-hybridized carbons (Fsp3) is 0.562. The van der Waals surface area contributed by atoms with Gasteiger partial charge in [0.2, 0.25) is 5.91 Å². The SMILES string of the molecule is CCCNC(=O)[C@@H](N)Cc1ccc(N(CCCl)CCCl)cc1. The van der Waals surface area contributed by atoms with E-state index < -0.39 is 6.04 Å². The van der Waals surface area contributed by atoms with Crippen LogP contribution in [0.5, 0.6) is 0 Å². The Morgan fingerprint density at radius 2 is 1.82 bits per heavy atom. The van der Waals surface area contributed by atoms with Crippen LogP contribution in [-0.4, -0.2) is 43.3 Å². The maximum absolute atomic E-state index is 11.8. The molecular weight excluding hydrogens is 321 g/mol. The molecule has 1 aromatic carbocycles. The molecule has 1 atom stereocenters.